The van der Waals surface area contributed by atoms with Crippen LogP contribution in [0.1, 0.15) is 43.1 Å². The van der Waals surface area contributed by atoms with Crippen LogP contribution in [0.4, 0.5) is 0 Å². The summed E-state index contributed by atoms with van der Waals surface area (Å²) in [5.41, 5.74) is 5.76. The van der Waals surface area contributed by atoms with E-state index in [9.17, 15) is 4.79 Å². The summed E-state index contributed by atoms with van der Waals surface area (Å²) in [4.78, 5) is 15.5. The number of esters is 1. The molecule has 0 aliphatic heterocycles. The van der Waals surface area contributed by atoms with E-state index in [0.717, 1.165) is 12.8 Å². The summed E-state index contributed by atoms with van der Waals surface area (Å²) in [6.07, 6.45) is 7.65. The van der Waals surface area contributed by atoms with Crippen LogP contribution in [0.5, 0.6) is 0 Å². The molecule has 0 saturated carbocycles. The van der Waals surface area contributed by atoms with Gasteiger partial charge in [-0.2, -0.15) is 0 Å². The first kappa shape index (κ1) is 13.7. The van der Waals surface area contributed by atoms with Crippen molar-refractivity contribution in [2.45, 2.75) is 39.2 Å². The zero-order valence-corrected chi connectivity index (χ0v) is 10.4. The molecule has 0 amide bonds. The van der Waals surface area contributed by atoms with E-state index in [4.69, 9.17) is 10.5 Å². The number of unbranched alkanes of at least 4 members (excludes halogenated alkanes) is 3. The van der Waals surface area contributed by atoms with E-state index in [2.05, 4.69) is 11.9 Å². The van der Waals surface area contributed by atoms with E-state index in [1.54, 1.807) is 17.1 Å². The molecule has 0 aliphatic carbocycles. The van der Waals surface area contributed by atoms with Crippen LogP contribution >= 0.6 is 0 Å². The van der Waals surface area contributed by atoms with Gasteiger partial charge in [0.25, 0.3) is 0 Å². The van der Waals surface area contributed by atoms with E-state index < -0.39 is 0 Å². The van der Waals surface area contributed by atoms with E-state index >= 15 is 0 Å². The molecule has 0 saturated heterocycles. The number of nitrogens with zero attached hydrogens (tertiary/aromatic N) is 2. The van der Waals surface area contributed by atoms with E-state index in [-0.39, 0.29) is 5.97 Å². The van der Waals surface area contributed by atoms with Gasteiger partial charge in [0.05, 0.1) is 12.9 Å². The fourth-order valence-corrected chi connectivity index (χ4v) is 1.50. The maximum Gasteiger partial charge on any atom is 0.358 e. The van der Waals surface area contributed by atoms with Crippen molar-refractivity contribution < 1.29 is 9.53 Å². The molecule has 1 aromatic heterocycles. The van der Waals surface area contributed by atoms with E-state index in [1.165, 1.54) is 12.8 Å². The number of carbonyl (C=O) groups is 1. The van der Waals surface area contributed by atoms with Crippen LogP contribution in [0.3, 0.4) is 0 Å². The van der Waals surface area contributed by atoms with Gasteiger partial charge in [-0.25, -0.2) is 9.78 Å². The van der Waals surface area contributed by atoms with Gasteiger partial charge in [-0.05, 0) is 6.42 Å². The minimum Gasteiger partial charge on any atom is -0.461 e. The first-order valence-electron chi connectivity index (χ1n) is 6.17. The van der Waals surface area contributed by atoms with E-state index in [1.807, 2.05) is 0 Å². The predicted octanol–water partition coefficient (Wildman–Crippen LogP) is 1.58. The fraction of sp³-hybridized carbons (Fsp3) is 0.667. The highest BCUT2D eigenvalue weighted by molar-refractivity contribution is 5.86. The quantitative estimate of drug-likeness (QED) is 0.552. The molecule has 0 aliphatic rings. The van der Waals surface area contributed by atoms with Gasteiger partial charge in [-0.1, -0.05) is 26.2 Å². The van der Waals surface area contributed by atoms with Crippen molar-refractivity contribution in [1.82, 2.24) is 9.55 Å². The summed E-state index contributed by atoms with van der Waals surface area (Å²) in [7, 11) is 0. The minimum absolute atomic E-state index is 0.350. The molecule has 96 valence electrons. The molecule has 1 aromatic rings. The van der Waals surface area contributed by atoms with Gasteiger partial charge in [0, 0.05) is 19.3 Å². The Morgan fingerprint density at radius 2 is 2.29 bits per heavy atom. The standard InChI is InChI=1S/C12H21N3O2/c1-2-3-4-5-8-17-12(16)11-9-15(7-6-13)10-14-11/h9-10H,2-8,13H2,1H3. The monoisotopic (exact) mass is 239 g/mol. The normalized spacial score (nSPS) is 10.5. The van der Waals surface area contributed by atoms with Gasteiger partial charge in [0.2, 0.25) is 0 Å². The summed E-state index contributed by atoms with van der Waals surface area (Å²) in [5.74, 6) is -0.350. The van der Waals surface area contributed by atoms with Crippen molar-refractivity contribution in [3.05, 3.63) is 18.2 Å². The lowest BCUT2D eigenvalue weighted by atomic mass is 10.2. The average molecular weight is 239 g/mol. The third-order valence-corrected chi connectivity index (χ3v) is 2.46. The number of ether oxygens (including phenoxy) is 1. The third-order valence-electron chi connectivity index (χ3n) is 2.46. The number of hydrogen-bond acceptors (Lipinski definition) is 4. The van der Waals surface area contributed by atoms with Crippen LogP contribution in [0.15, 0.2) is 12.5 Å². The molecule has 2 N–H and O–H groups in total. The van der Waals surface area contributed by atoms with Crippen LogP contribution < -0.4 is 5.73 Å². The Bertz CT molecular complexity index is 336. The Morgan fingerprint density at radius 3 is 3.00 bits per heavy atom. The average Bonchev–Trinajstić information content (AvgIpc) is 2.78. The number of imidazole rings is 1. The second kappa shape index (κ2) is 7.84. The van der Waals surface area contributed by atoms with Crippen LogP contribution in [-0.2, 0) is 11.3 Å². The summed E-state index contributed by atoms with van der Waals surface area (Å²) in [6.45, 7) is 3.82. The molecule has 0 bridgehead atoms. The Hall–Kier alpha value is -1.36. The Labute approximate surface area is 102 Å². The van der Waals surface area contributed by atoms with Gasteiger partial charge in [-0.3, -0.25) is 0 Å². The predicted molar refractivity (Wildman–Crippen MR) is 65.7 cm³/mol. The number of hydrogen-bond donors (Lipinski definition) is 1. The van der Waals surface area contributed by atoms with Gasteiger partial charge in [0.15, 0.2) is 5.69 Å². The highest BCUT2D eigenvalue weighted by Gasteiger charge is 2.10. The molecule has 0 atom stereocenters. The fourth-order valence-electron chi connectivity index (χ4n) is 1.50. The zero-order chi connectivity index (χ0) is 12.5. The lowest BCUT2D eigenvalue weighted by Crippen LogP contribution is -2.09. The van der Waals surface area contributed by atoms with Crippen molar-refractivity contribution in [1.29, 1.82) is 0 Å². The summed E-state index contributed by atoms with van der Waals surface area (Å²) >= 11 is 0. The minimum atomic E-state index is -0.350. The highest BCUT2D eigenvalue weighted by Crippen LogP contribution is 2.02. The molecule has 0 aromatic carbocycles. The number of nitrogens with two attached hydrogens (primary N) is 1. The molecular weight excluding hydrogens is 218 g/mol. The topological polar surface area (TPSA) is 70.1 Å². The maximum atomic E-state index is 11.6. The molecule has 0 radical (unpaired) electrons. The molecule has 1 heterocycles. The first-order chi connectivity index (χ1) is 8.27. The number of carbonyl (C=O) groups excluding carboxylic acids is 1. The Morgan fingerprint density at radius 1 is 1.47 bits per heavy atom. The molecular formula is C12H21N3O2. The lowest BCUT2D eigenvalue weighted by molar-refractivity contribution is 0.0491. The van der Waals surface area contributed by atoms with Crippen molar-refractivity contribution >= 4 is 5.97 Å². The lowest BCUT2D eigenvalue weighted by Gasteiger charge is -2.02. The zero-order valence-electron chi connectivity index (χ0n) is 10.4. The molecule has 0 fully saturated rings. The van der Waals surface area contributed by atoms with Gasteiger partial charge < -0.3 is 15.0 Å². The highest BCUT2D eigenvalue weighted by atomic mass is 16.5. The second-order valence-electron chi connectivity index (χ2n) is 3.98. The van der Waals surface area contributed by atoms with Crippen LogP contribution in [-0.4, -0.2) is 28.7 Å². The molecule has 0 spiro atoms. The summed E-state index contributed by atoms with van der Waals surface area (Å²) in [6, 6.07) is 0. The first-order valence-corrected chi connectivity index (χ1v) is 6.17. The second-order valence-corrected chi connectivity index (χ2v) is 3.98. The van der Waals surface area contributed by atoms with Crippen molar-refractivity contribution in [3.63, 3.8) is 0 Å². The molecule has 5 nitrogen and oxygen atoms in total. The third kappa shape index (κ3) is 4.99. The van der Waals surface area contributed by atoms with Crippen molar-refractivity contribution in [3.8, 4) is 0 Å². The van der Waals surface area contributed by atoms with Gasteiger partial charge in [0.1, 0.15) is 0 Å². The van der Waals surface area contributed by atoms with Crippen LogP contribution in [0.25, 0.3) is 0 Å². The number of aromatic nitrogens is 2. The van der Waals surface area contributed by atoms with Gasteiger partial charge in [-0.15, -0.1) is 0 Å². The summed E-state index contributed by atoms with van der Waals surface area (Å²) in [5, 5.41) is 0. The summed E-state index contributed by atoms with van der Waals surface area (Å²) < 4.78 is 6.91. The maximum absolute atomic E-state index is 11.6. The largest absolute Gasteiger partial charge is 0.461 e. The smallest absolute Gasteiger partial charge is 0.358 e. The van der Waals surface area contributed by atoms with Gasteiger partial charge >= 0.3 is 5.97 Å². The molecule has 5 heteroatoms. The molecule has 0 unspecified atom stereocenters. The Kier molecular flexibility index (Phi) is 6.32. The van der Waals surface area contributed by atoms with Crippen LogP contribution in [0.2, 0.25) is 0 Å². The van der Waals surface area contributed by atoms with Crippen molar-refractivity contribution in [2.75, 3.05) is 13.2 Å². The SMILES string of the molecule is CCCCCCOC(=O)c1cn(CCN)cn1. The number of rotatable bonds is 8. The molecule has 1 rings (SSSR count). The van der Waals surface area contributed by atoms with E-state index in [0.29, 0.717) is 25.4 Å². The van der Waals surface area contributed by atoms with Crippen LogP contribution in [0, 0.1) is 0 Å². The molecule has 17 heavy (non-hydrogen) atoms. The Balaban J connectivity index is 2.26. The van der Waals surface area contributed by atoms with Crippen molar-refractivity contribution in [2.24, 2.45) is 5.73 Å².